The normalized spacial score (nSPS) is 11.2. The van der Waals surface area contributed by atoms with Gasteiger partial charge in [-0.25, -0.2) is 0 Å². The number of hydrogen-bond acceptors (Lipinski definition) is 2. The predicted molar refractivity (Wildman–Crippen MR) is 44.3 cm³/mol. The van der Waals surface area contributed by atoms with Gasteiger partial charge in [0.1, 0.15) is 0 Å². The number of carbonyl (C=O) groups is 1. The summed E-state index contributed by atoms with van der Waals surface area (Å²) in [5.41, 5.74) is 0. The molecule has 0 aliphatic heterocycles. The van der Waals surface area contributed by atoms with E-state index in [1.54, 1.807) is 0 Å². The molecule has 0 N–H and O–H groups in total. The molecule has 0 unspecified atom stereocenters. The molecule has 0 saturated carbocycles. The smallest absolute Gasteiger partial charge is 0.289 e. The Morgan fingerprint density at radius 3 is 1.90 bits per heavy atom. The average Bonchev–Trinajstić information content (AvgIpc) is 1.87. The monoisotopic (exact) mass is 160 g/mol. The second-order valence-corrected chi connectivity index (χ2v) is 7.27. The van der Waals surface area contributed by atoms with Gasteiger partial charge in [0.25, 0.3) is 14.3 Å². The largest absolute Gasteiger partial charge is 0.520 e. The summed E-state index contributed by atoms with van der Waals surface area (Å²) < 4.78 is 5.24. The highest BCUT2D eigenvalue weighted by Crippen LogP contribution is 2.15. The fourth-order valence-electron chi connectivity index (χ4n) is 0.741. The third-order valence-electron chi connectivity index (χ3n) is 1.89. The molecule has 3 heteroatoms. The van der Waals surface area contributed by atoms with Crippen LogP contribution in [0.5, 0.6) is 0 Å². The molecule has 60 valence electrons. The fraction of sp³-hybridized carbons (Fsp3) is 0.857. The van der Waals surface area contributed by atoms with Crippen molar-refractivity contribution in [2.45, 2.75) is 39.4 Å². The number of hydrogen-bond donors (Lipinski definition) is 0. The Hall–Kier alpha value is -0.313. The van der Waals surface area contributed by atoms with Crippen LogP contribution in [0.4, 0.5) is 0 Å². The van der Waals surface area contributed by atoms with E-state index in [9.17, 15) is 4.79 Å². The Bertz CT molecular complexity index is 119. The van der Waals surface area contributed by atoms with Crippen LogP contribution in [0.25, 0.3) is 0 Å². The first-order valence-electron chi connectivity index (χ1n) is 3.73. The van der Waals surface area contributed by atoms with E-state index in [-0.39, 0.29) is 5.97 Å². The van der Waals surface area contributed by atoms with Crippen molar-refractivity contribution in [3.63, 3.8) is 0 Å². The van der Waals surface area contributed by atoms with Crippen LogP contribution in [0.2, 0.25) is 18.6 Å². The molecule has 0 saturated heterocycles. The van der Waals surface area contributed by atoms with Crippen LogP contribution < -0.4 is 0 Å². The zero-order chi connectivity index (χ0) is 8.20. The van der Waals surface area contributed by atoms with Crippen LogP contribution >= 0.6 is 0 Å². The maximum absolute atomic E-state index is 10.6. The van der Waals surface area contributed by atoms with Crippen molar-refractivity contribution in [2.24, 2.45) is 0 Å². The molecule has 0 rings (SSSR count). The minimum Gasteiger partial charge on any atom is -0.520 e. The van der Waals surface area contributed by atoms with Crippen LogP contribution in [-0.4, -0.2) is 14.3 Å². The van der Waals surface area contributed by atoms with Crippen LogP contribution in [0.15, 0.2) is 0 Å². The quantitative estimate of drug-likeness (QED) is 0.591. The standard InChI is InChI=1S/C7H16O2Si/c1-5-10(4,6-2)9-7(3)8/h5-6H2,1-4H3. The number of rotatable bonds is 3. The Morgan fingerprint density at radius 2 is 1.80 bits per heavy atom. The summed E-state index contributed by atoms with van der Waals surface area (Å²) >= 11 is 0. The molecule has 0 spiro atoms. The molecule has 0 bridgehead atoms. The minimum atomic E-state index is -1.61. The van der Waals surface area contributed by atoms with E-state index >= 15 is 0 Å². The third-order valence-corrected chi connectivity index (χ3v) is 5.66. The maximum Gasteiger partial charge on any atom is 0.289 e. The lowest BCUT2D eigenvalue weighted by molar-refractivity contribution is -0.132. The van der Waals surface area contributed by atoms with E-state index in [4.69, 9.17) is 4.43 Å². The van der Waals surface area contributed by atoms with Crippen molar-refractivity contribution in [1.29, 1.82) is 0 Å². The van der Waals surface area contributed by atoms with Gasteiger partial charge in [-0.1, -0.05) is 13.8 Å². The summed E-state index contributed by atoms with van der Waals surface area (Å²) in [6.07, 6.45) is 0. The van der Waals surface area contributed by atoms with Crippen molar-refractivity contribution in [1.82, 2.24) is 0 Å². The minimum absolute atomic E-state index is 0.127. The van der Waals surface area contributed by atoms with Crippen molar-refractivity contribution in [3.8, 4) is 0 Å². The lowest BCUT2D eigenvalue weighted by Gasteiger charge is -2.22. The molecule has 10 heavy (non-hydrogen) atoms. The van der Waals surface area contributed by atoms with Crippen LogP contribution in [0.3, 0.4) is 0 Å². The molecule has 0 aromatic rings. The highest BCUT2D eigenvalue weighted by molar-refractivity contribution is 6.73. The van der Waals surface area contributed by atoms with Crippen LogP contribution in [0, 0.1) is 0 Å². The van der Waals surface area contributed by atoms with Gasteiger partial charge in [-0.15, -0.1) is 0 Å². The van der Waals surface area contributed by atoms with E-state index in [2.05, 4.69) is 20.4 Å². The lowest BCUT2D eigenvalue weighted by atomic mass is 10.9. The molecule has 0 aliphatic rings. The molecular weight excluding hydrogens is 144 g/mol. The molecule has 0 radical (unpaired) electrons. The maximum atomic E-state index is 10.6. The topological polar surface area (TPSA) is 26.3 Å². The Labute approximate surface area is 63.7 Å². The molecule has 0 amide bonds. The van der Waals surface area contributed by atoms with Gasteiger partial charge < -0.3 is 4.43 Å². The summed E-state index contributed by atoms with van der Waals surface area (Å²) in [7, 11) is -1.61. The lowest BCUT2D eigenvalue weighted by Crippen LogP contribution is -2.34. The second-order valence-electron chi connectivity index (χ2n) is 2.75. The zero-order valence-corrected chi connectivity index (χ0v) is 8.23. The summed E-state index contributed by atoms with van der Waals surface area (Å²) in [4.78, 5) is 10.6. The first kappa shape index (κ1) is 9.69. The average molecular weight is 160 g/mol. The molecule has 0 heterocycles. The van der Waals surface area contributed by atoms with E-state index in [0.717, 1.165) is 12.1 Å². The van der Waals surface area contributed by atoms with Crippen molar-refractivity contribution < 1.29 is 9.22 Å². The fourth-order valence-corrected chi connectivity index (χ4v) is 2.22. The molecule has 0 aromatic heterocycles. The summed E-state index contributed by atoms with van der Waals surface area (Å²) in [5, 5.41) is 0. The first-order valence-corrected chi connectivity index (χ1v) is 6.56. The highest BCUT2D eigenvalue weighted by atomic mass is 28.4. The van der Waals surface area contributed by atoms with Crippen molar-refractivity contribution in [2.75, 3.05) is 0 Å². The molecule has 2 nitrogen and oxygen atoms in total. The van der Waals surface area contributed by atoms with Gasteiger partial charge in [-0.05, 0) is 18.6 Å². The SMILES string of the molecule is CC[Si](C)(CC)OC(C)=O. The van der Waals surface area contributed by atoms with E-state index in [1.165, 1.54) is 6.92 Å². The molecule has 0 fully saturated rings. The van der Waals surface area contributed by atoms with Crippen molar-refractivity contribution >= 4 is 14.3 Å². The van der Waals surface area contributed by atoms with Gasteiger partial charge in [-0.2, -0.15) is 0 Å². The first-order chi connectivity index (χ1) is 4.54. The van der Waals surface area contributed by atoms with E-state index in [1.807, 2.05) is 0 Å². The van der Waals surface area contributed by atoms with Gasteiger partial charge in [0.05, 0.1) is 0 Å². The predicted octanol–water partition coefficient (Wildman–Crippen LogP) is 2.16. The van der Waals surface area contributed by atoms with Crippen molar-refractivity contribution in [3.05, 3.63) is 0 Å². The third kappa shape index (κ3) is 3.01. The van der Waals surface area contributed by atoms with E-state index in [0.29, 0.717) is 0 Å². The van der Waals surface area contributed by atoms with Crippen LogP contribution in [-0.2, 0) is 9.22 Å². The Morgan fingerprint density at radius 1 is 1.40 bits per heavy atom. The summed E-state index contributed by atoms with van der Waals surface area (Å²) in [6.45, 7) is 7.74. The zero-order valence-electron chi connectivity index (χ0n) is 7.23. The van der Waals surface area contributed by atoms with Gasteiger partial charge in [0.15, 0.2) is 0 Å². The van der Waals surface area contributed by atoms with Gasteiger partial charge in [0.2, 0.25) is 0 Å². The molecule has 0 atom stereocenters. The van der Waals surface area contributed by atoms with Gasteiger partial charge in [0, 0.05) is 6.92 Å². The molecular formula is C7H16O2Si. The molecule has 0 aromatic carbocycles. The highest BCUT2D eigenvalue weighted by Gasteiger charge is 2.26. The summed E-state index contributed by atoms with van der Waals surface area (Å²) in [6, 6.07) is 2.03. The van der Waals surface area contributed by atoms with Gasteiger partial charge >= 0.3 is 0 Å². The summed E-state index contributed by atoms with van der Waals surface area (Å²) in [5.74, 6) is -0.127. The van der Waals surface area contributed by atoms with Crippen LogP contribution in [0.1, 0.15) is 20.8 Å². The Balaban J connectivity index is 3.92. The Kier molecular flexibility index (Phi) is 3.64. The number of carbonyl (C=O) groups excluding carboxylic acids is 1. The molecule has 0 aliphatic carbocycles. The second kappa shape index (κ2) is 3.76. The van der Waals surface area contributed by atoms with Gasteiger partial charge in [-0.3, -0.25) is 4.79 Å². The van der Waals surface area contributed by atoms with E-state index < -0.39 is 8.32 Å².